The first-order valence-electron chi connectivity index (χ1n) is 15.3. The predicted molar refractivity (Wildman–Crippen MR) is 169 cm³/mol. The molecule has 4 rings (SSSR count). The molecule has 0 radical (unpaired) electrons. The van der Waals surface area contributed by atoms with Crippen LogP contribution in [0.2, 0.25) is 0 Å². The lowest BCUT2D eigenvalue weighted by molar-refractivity contribution is -0.140. The van der Waals surface area contributed by atoms with Crippen molar-refractivity contribution in [2.24, 2.45) is 0 Å². The minimum Gasteiger partial charge on any atom is -0.494 e. The number of halogens is 1. The maximum atomic E-state index is 14.3. The van der Waals surface area contributed by atoms with Gasteiger partial charge in [-0.15, -0.1) is 0 Å². The van der Waals surface area contributed by atoms with Crippen molar-refractivity contribution in [1.29, 1.82) is 0 Å². The summed E-state index contributed by atoms with van der Waals surface area (Å²) in [5.74, 6) is -0.800. The van der Waals surface area contributed by atoms with Gasteiger partial charge in [-0.25, -0.2) is 12.8 Å². The zero-order valence-corrected chi connectivity index (χ0v) is 26.5. The van der Waals surface area contributed by atoms with E-state index in [-0.39, 0.29) is 29.1 Å². The molecular formula is C34H42FN3O5S. The van der Waals surface area contributed by atoms with E-state index in [0.717, 1.165) is 59.7 Å². The van der Waals surface area contributed by atoms with Crippen molar-refractivity contribution in [2.45, 2.75) is 82.8 Å². The van der Waals surface area contributed by atoms with E-state index in [1.54, 1.807) is 24.3 Å². The second-order valence-electron chi connectivity index (χ2n) is 11.2. The number of hydrogen-bond donors (Lipinski definition) is 1. The van der Waals surface area contributed by atoms with Gasteiger partial charge >= 0.3 is 0 Å². The molecule has 3 aromatic rings. The number of aryl methyl sites for hydroxylation is 1. The standard InChI is InChI=1S/C34H42FN3O5S/c1-4-32(34(40)36-28-12-7-6-8-13-28)37(23-26-11-9-10-25(3)22-26)33(39)24-38(29-16-18-30(19-17-29)43-5-2)44(41,42)31-20-14-27(35)15-21-31/h9-11,14-22,28,32H,4-8,12-13,23-24H2,1-3H3,(H,36,40). The molecule has 8 nitrogen and oxygen atoms in total. The molecule has 1 saturated carbocycles. The lowest BCUT2D eigenvalue weighted by Gasteiger charge is -2.34. The Labute approximate surface area is 260 Å². The largest absolute Gasteiger partial charge is 0.494 e. The van der Waals surface area contributed by atoms with Crippen LogP contribution in [0.4, 0.5) is 10.1 Å². The maximum Gasteiger partial charge on any atom is 0.264 e. The molecule has 236 valence electrons. The Morgan fingerprint density at radius 2 is 1.66 bits per heavy atom. The maximum absolute atomic E-state index is 14.3. The third kappa shape index (κ3) is 8.37. The average molecular weight is 624 g/mol. The fraction of sp³-hybridized carbons (Fsp3) is 0.412. The van der Waals surface area contributed by atoms with Crippen LogP contribution in [0.1, 0.15) is 63.5 Å². The zero-order chi connectivity index (χ0) is 31.7. The molecule has 0 spiro atoms. The van der Waals surface area contributed by atoms with E-state index in [2.05, 4.69) is 5.32 Å². The Hall–Kier alpha value is -3.92. The number of nitrogens with zero attached hydrogens (tertiary/aromatic N) is 2. The summed E-state index contributed by atoms with van der Waals surface area (Å²) >= 11 is 0. The minimum atomic E-state index is -4.30. The first-order valence-corrected chi connectivity index (χ1v) is 16.7. The van der Waals surface area contributed by atoms with Gasteiger partial charge in [0.25, 0.3) is 10.0 Å². The Balaban J connectivity index is 1.71. The van der Waals surface area contributed by atoms with Crippen molar-refractivity contribution >= 4 is 27.5 Å². The molecule has 0 saturated heterocycles. The van der Waals surface area contributed by atoms with Crippen LogP contribution >= 0.6 is 0 Å². The third-order valence-electron chi connectivity index (χ3n) is 7.89. The zero-order valence-electron chi connectivity index (χ0n) is 25.7. The molecule has 1 aliphatic carbocycles. The summed E-state index contributed by atoms with van der Waals surface area (Å²) in [6.07, 6.45) is 5.39. The summed E-state index contributed by atoms with van der Waals surface area (Å²) in [4.78, 5) is 29.3. The van der Waals surface area contributed by atoms with Crippen molar-refractivity contribution in [3.05, 3.63) is 89.7 Å². The molecule has 1 atom stereocenters. The van der Waals surface area contributed by atoms with Crippen LogP contribution in [0.3, 0.4) is 0 Å². The quantitative estimate of drug-likeness (QED) is 0.253. The van der Waals surface area contributed by atoms with Crippen molar-refractivity contribution in [3.63, 3.8) is 0 Å². The van der Waals surface area contributed by atoms with E-state index in [1.165, 1.54) is 17.0 Å². The van der Waals surface area contributed by atoms with Gasteiger partial charge in [0, 0.05) is 12.6 Å². The van der Waals surface area contributed by atoms with E-state index in [0.29, 0.717) is 18.8 Å². The Morgan fingerprint density at radius 3 is 2.27 bits per heavy atom. The first kappa shape index (κ1) is 33.0. The molecule has 0 aliphatic heterocycles. The van der Waals surface area contributed by atoms with E-state index in [4.69, 9.17) is 4.74 Å². The molecular weight excluding hydrogens is 581 g/mol. The third-order valence-corrected chi connectivity index (χ3v) is 9.68. The molecule has 10 heteroatoms. The fourth-order valence-electron chi connectivity index (χ4n) is 5.61. The number of hydrogen-bond acceptors (Lipinski definition) is 5. The molecule has 44 heavy (non-hydrogen) atoms. The van der Waals surface area contributed by atoms with Gasteiger partial charge in [-0.05, 0) is 87.2 Å². The van der Waals surface area contributed by atoms with Crippen molar-refractivity contribution in [1.82, 2.24) is 10.2 Å². The number of carbonyl (C=O) groups is 2. The van der Waals surface area contributed by atoms with Crippen LogP contribution in [-0.4, -0.2) is 50.4 Å². The van der Waals surface area contributed by atoms with Crippen LogP contribution in [0.15, 0.2) is 77.7 Å². The Morgan fingerprint density at radius 1 is 0.977 bits per heavy atom. The smallest absolute Gasteiger partial charge is 0.264 e. The first-order chi connectivity index (χ1) is 21.1. The highest BCUT2D eigenvalue weighted by molar-refractivity contribution is 7.92. The summed E-state index contributed by atoms with van der Waals surface area (Å²) in [5, 5.41) is 3.15. The monoisotopic (exact) mass is 623 g/mol. The summed E-state index contributed by atoms with van der Waals surface area (Å²) in [6, 6.07) is 17.8. The summed E-state index contributed by atoms with van der Waals surface area (Å²) in [6.45, 7) is 5.64. The molecule has 0 heterocycles. The molecule has 1 aliphatic rings. The van der Waals surface area contributed by atoms with E-state index < -0.39 is 34.3 Å². The molecule has 2 amide bonds. The van der Waals surface area contributed by atoms with Crippen molar-refractivity contribution in [3.8, 4) is 5.75 Å². The highest BCUT2D eigenvalue weighted by atomic mass is 32.2. The predicted octanol–water partition coefficient (Wildman–Crippen LogP) is 5.98. The second-order valence-corrected chi connectivity index (χ2v) is 13.0. The van der Waals surface area contributed by atoms with Crippen LogP contribution in [0.25, 0.3) is 0 Å². The summed E-state index contributed by atoms with van der Waals surface area (Å²) in [5.41, 5.74) is 2.07. The van der Waals surface area contributed by atoms with Gasteiger partial charge in [0.2, 0.25) is 11.8 Å². The number of sulfonamides is 1. The topological polar surface area (TPSA) is 96.0 Å². The average Bonchev–Trinajstić information content (AvgIpc) is 3.01. The molecule has 1 fully saturated rings. The molecule has 3 aromatic carbocycles. The summed E-state index contributed by atoms with van der Waals surface area (Å²) in [7, 11) is -4.30. The van der Waals surface area contributed by atoms with E-state index in [1.807, 2.05) is 45.0 Å². The van der Waals surface area contributed by atoms with Crippen LogP contribution < -0.4 is 14.4 Å². The van der Waals surface area contributed by atoms with Crippen LogP contribution in [0, 0.1) is 12.7 Å². The van der Waals surface area contributed by atoms with Crippen molar-refractivity contribution < 1.29 is 27.1 Å². The summed E-state index contributed by atoms with van der Waals surface area (Å²) < 4.78 is 48.2. The number of ether oxygens (including phenoxy) is 1. The van der Waals surface area contributed by atoms with Gasteiger partial charge in [-0.3, -0.25) is 13.9 Å². The van der Waals surface area contributed by atoms with Gasteiger partial charge < -0.3 is 15.0 Å². The highest BCUT2D eigenvalue weighted by Gasteiger charge is 2.34. The number of amides is 2. The van der Waals surface area contributed by atoms with Crippen LogP contribution in [0.5, 0.6) is 5.75 Å². The number of benzene rings is 3. The Kier molecular flexibility index (Phi) is 11.4. The molecule has 1 N–H and O–H groups in total. The lowest BCUT2D eigenvalue weighted by atomic mass is 9.95. The van der Waals surface area contributed by atoms with Gasteiger partial charge in [-0.1, -0.05) is 56.0 Å². The SMILES string of the molecule is CCOc1ccc(N(CC(=O)N(Cc2cccc(C)c2)C(CC)C(=O)NC2CCCCC2)S(=O)(=O)c2ccc(F)cc2)cc1. The van der Waals surface area contributed by atoms with E-state index in [9.17, 15) is 22.4 Å². The number of nitrogens with one attached hydrogen (secondary N) is 1. The van der Waals surface area contributed by atoms with Gasteiger partial charge in [0.15, 0.2) is 0 Å². The molecule has 1 unspecified atom stereocenters. The number of anilines is 1. The minimum absolute atomic E-state index is 0.0560. The van der Waals surface area contributed by atoms with E-state index >= 15 is 0 Å². The van der Waals surface area contributed by atoms with Gasteiger partial charge in [-0.2, -0.15) is 0 Å². The van der Waals surface area contributed by atoms with Crippen molar-refractivity contribution in [2.75, 3.05) is 17.5 Å². The second kappa shape index (κ2) is 15.2. The molecule has 0 aromatic heterocycles. The Bertz CT molecular complexity index is 1510. The van der Waals surface area contributed by atoms with Gasteiger partial charge in [0.05, 0.1) is 17.2 Å². The van der Waals surface area contributed by atoms with Gasteiger partial charge in [0.1, 0.15) is 24.2 Å². The number of carbonyl (C=O) groups excluding carboxylic acids is 2. The van der Waals surface area contributed by atoms with Crippen LogP contribution in [-0.2, 0) is 26.2 Å². The highest BCUT2D eigenvalue weighted by Crippen LogP contribution is 2.27. The fourth-order valence-corrected chi connectivity index (χ4v) is 7.02. The lowest BCUT2D eigenvalue weighted by Crippen LogP contribution is -2.54. The number of rotatable bonds is 13. The molecule has 0 bridgehead atoms. The normalized spacial score (nSPS) is 14.5.